The van der Waals surface area contributed by atoms with Crippen LogP contribution in [-0.4, -0.2) is 5.54 Å². The molecule has 0 unspecified atom stereocenters. The maximum Gasteiger partial charge on any atom is 0.0157 e. The average molecular weight is 326 g/mol. The van der Waals surface area contributed by atoms with Crippen LogP contribution in [0.4, 0.5) is 0 Å². The predicted molar refractivity (Wildman–Crippen MR) is 104 cm³/mol. The third-order valence-electron chi connectivity index (χ3n) is 6.47. The molecule has 24 heavy (non-hydrogen) atoms. The van der Waals surface area contributed by atoms with Gasteiger partial charge in [0, 0.05) is 5.54 Å². The summed E-state index contributed by atoms with van der Waals surface area (Å²) in [5.41, 5.74) is 11.4. The first-order valence-corrected chi connectivity index (χ1v) is 10.2. The standard InChI is InChI=1S/C23H35N/c1-3-5-6-7-8-18-9-10-20-16-21(12-11-19(20)15-18)22-13-14-23(24,4-2)17-22/h6-7,11-12,16,18,22H,3-5,8-10,13-15,17,24H2,1-2H3/b7-6+/t18-,22-,23+/m0/s1. The monoisotopic (exact) mass is 325 g/mol. The molecule has 132 valence electrons. The first-order chi connectivity index (χ1) is 11.6. The molecule has 2 aliphatic carbocycles. The van der Waals surface area contributed by atoms with Crippen molar-refractivity contribution in [2.45, 2.75) is 89.5 Å². The molecule has 0 amide bonds. The van der Waals surface area contributed by atoms with Crippen molar-refractivity contribution >= 4 is 0 Å². The van der Waals surface area contributed by atoms with E-state index in [1.54, 1.807) is 16.7 Å². The van der Waals surface area contributed by atoms with Crippen LogP contribution >= 0.6 is 0 Å². The summed E-state index contributed by atoms with van der Waals surface area (Å²) in [6.45, 7) is 4.49. The third-order valence-corrected chi connectivity index (χ3v) is 6.47. The van der Waals surface area contributed by atoms with Gasteiger partial charge in [0.15, 0.2) is 0 Å². The first-order valence-electron chi connectivity index (χ1n) is 10.2. The fourth-order valence-corrected chi connectivity index (χ4v) is 4.64. The van der Waals surface area contributed by atoms with E-state index >= 15 is 0 Å². The summed E-state index contributed by atoms with van der Waals surface area (Å²) in [6.07, 6.45) is 17.2. The average Bonchev–Trinajstić information content (AvgIpc) is 3.01. The molecule has 2 aliphatic rings. The molecule has 0 aromatic heterocycles. The Morgan fingerprint density at radius 1 is 1.17 bits per heavy atom. The molecule has 3 rings (SSSR count). The summed E-state index contributed by atoms with van der Waals surface area (Å²) in [5.74, 6) is 1.54. The molecule has 0 heterocycles. The molecule has 0 bridgehead atoms. The fraction of sp³-hybridized carbons (Fsp3) is 0.652. The second-order valence-corrected chi connectivity index (χ2v) is 8.29. The van der Waals surface area contributed by atoms with Gasteiger partial charge in [0.25, 0.3) is 0 Å². The molecule has 3 atom stereocenters. The Balaban J connectivity index is 1.62. The van der Waals surface area contributed by atoms with Crippen molar-refractivity contribution in [3.05, 3.63) is 47.0 Å². The van der Waals surface area contributed by atoms with Crippen LogP contribution in [0.3, 0.4) is 0 Å². The summed E-state index contributed by atoms with van der Waals surface area (Å²) in [6, 6.07) is 7.35. The highest BCUT2D eigenvalue weighted by molar-refractivity contribution is 5.36. The van der Waals surface area contributed by atoms with Crippen LogP contribution in [0.5, 0.6) is 0 Å². The lowest BCUT2D eigenvalue weighted by Gasteiger charge is -2.26. The third kappa shape index (κ3) is 4.11. The van der Waals surface area contributed by atoms with E-state index in [0.29, 0.717) is 5.92 Å². The van der Waals surface area contributed by atoms with Crippen LogP contribution in [0.25, 0.3) is 0 Å². The van der Waals surface area contributed by atoms with Gasteiger partial charge in [-0.3, -0.25) is 0 Å². The second-order valence-electron chi connectivity index (χ2n) is 8.29. The Morgan fingerprint density at radius 3 is 2.79 bits per heavy atom. The van der Waals surface area contributed by atoms with Crippen LogP contribution in [0, 0.1) is 5.92 Å². The molecule has 0 aliphatic heterocycles. The second kappa shape index (κ2) is 7.87. The lowest BCUT2D eigenvalue weighted by molar-refractivity contribution is 0.418. The Morgan fingerprint density at radius 2 is 2.04 bits per heavy atom. The van der Waals surface area contributed by atoms with Gasteiger partial charge in [-0.05, 0) is 86.3 Å². The number of aryl methyl sites for hydroxylation is 1. The zero-order valence-electron chi connectivity index (χ0n) is 15.7. The van der Waals surface area contributed by atoms with Gasteiger partial charge in [0.05, 0.1) is 0 Å². The van der Waals surface area contributed by atoms with Crippen LogP contribution in [-0.2, 0) is 12.8 Å². The summed E-state index contributed by atoms with van der Waals surface area (Å²) in [4.78, 5) is 0. The molecule has 2 N–H and O–H groups in total. The van der Waals surface area contributed by atoms with Crippen LogP contribution in [0.15, 0.2) is 30.4 Å². The van der Waals surface area contributed by atoms with E-state index in [-0.39, 0.29) is 5.54 Å². The SMILES string of the molecule is CCC/C=C/C[C@H]1CCc2cc([C@H]3CC[C@](N)(CC)C3)ccc2C1. The lowest BCUT2D eigenvalue weighted by Crippen LogP contribution is -2.35. The Kier molecular flexibility index (Phi) is 5.81. The number of benzene rings is 1. The van der Waals surface area contributed by atoms with Gasteiger partial charge in [-0.15, -0.1) is 0 Å². The van der Waals surface area contributed by atoms with E-state index < -0.39 is 0 Å². The smallest absolute Gasteiger partial charge is 0.0157 e. The summed E-state index contributed by atoms with van der Waals surface area (Å²) in [7, 11) is 0. The lowest BCUT2D eigenvalue weighted by atomic mass is 9.80. The van der Waals surface area contributed by atoms with Crippen molar-refractivity contribution in [2.75, 3.05) is 0 Å². The van der Waals surface area contributed by atoms with Crippen molar-refractivity contribution in [1.29, 1.82) is 0 Å². The number of unbranched alkanes of at least 4 members (excludes halogenated alkanes) is 1. The maximum absolute atomic E-state index is 6.50. The molecule has 1 aromatic carbocycles. The van der Waals surface area contributed by atoms with E-state index in [1.807, 2.05) is 0 Å². The molecule has 0 saturated heterocycles. The molecular weight excluding hydrogens is 290 g/mol. The van der Waals surface area contributed by atoms with Gasteiger partial charge in [0.1, 0.15) is 0 Å². The van der Waals surface area contributed by atoms with Gasteiger partial charge < -0.3 is 5.73 Å². The first kappa shape index (κ1) is 17.7. The van der Waals surface area contributed by atoms with Crippen molar-refractivity contribution < 1.29 is 0 Å². The minimum atomic E-state index is 0.0937. The van der Waals surface area contributed by atoms with Crippen molar-refractivity contribution in [1.82, 2.24) is 0 Å². The number of fused-ring (bicyclic) bond motifs is 1. The minimum Gasteiger partial charge on any atom is -0.325 e. The number of allylic oxidation sites excluding steroid dienone is 2. The molecule has 0 spiro atoms. The number of hydrogen-bond donors (Lipinski definition) is 1. The molecule has 1 aromatic rings. The van der Waals surface area contributed by atoms with Gasteiger partial charge in [-0.1, -0.05) is 50.6 Å². The molecule has 1 nitrogen and oxygen atoms in total. The van der Waals surface area contributed by atoms with Crippen molar-refractivity contribution in [2.24, 2.45) is 11.7 Å². The zero-order valence-corrected chi connectivity index (χ0v) is 15.7. The highest BCUT2D eigenvalue weighted by atomic mass is 14.8. The van der Waals surface area contributed by atoms with E-state index in [2.05, 4.69) is 44.2 Å². The minimum absolute atomic E-state index is 0.0937. The van der Waals surface area contributed by atoms with Crippen molar-refractivity contribution in [3.8, 4) is 0 Å². The molecule has 1 fully saturated rings. The number of rotatable bonds is 6. The van der Waals surface area contributed by atoms with Crippen LogP contribution < -0.4 is 5.73 Å². The Hall–Kier alpha value is -1.08. The van der Waals surface area contributed by atoms with Gasteiger partial charge in [-0.2, -0.15) is 0 Å². The van der Waals surface area contributed by atoms with Crippen molar-refractivity contribution in [3.63, 3.8) is 0 Å². The van der Waals surface area contributed by atoms with Gasteiger partial charge >= 0.3 is 0 Å². The largest absolute Gasteiger partial charge is 0.325 e. The highest BCUT2D eigenvalue weighted by Crippen LogP contribution is 2.42. The topological polar surface area (TPSA) is 26.0 Å². The number of hydrogen-bond acceptors (Lipinski definition) is 1. The molecular formula is C23H35N. The number of nitrogens with two attached hydrogens (primary N) is 1. The zero-order chi connectivity index (χ0) is 17.0. The van der Waals surface area contributed by atoms with E-state index in [4.69, 9.17) is 5.73 Å². The van der Waals surface area contributed by atoms with E-state index in [1.165, 1.54) is 57.8 Å². The summed E-state index contributed by atoms with van der Waals surface area (Å²) < 4.78 is 0. The summed E-state index contributed by atoms with van der Waals surface area (Å²) >= 11 is 0. The predicted octanol–water partition coefficient (Wildman–Crippen LogP) is 5.91. The molecule has 0 radical (unpaired) electrons. The van der Waals surface area contributed by atoms with E-state index in [0.717, 1.165) is 12.3 Å². The normalized spacial score (nSPS) is 30.0. The quantitative estimate of drug-likeness (QED) is 0.646. The fourth-order valence-electron chi connectivity index (χ4n) is 4.64. The van der Waals surface area contributed by atoms with E-state index in [9.17, 15) is 0 Å². The highest BCUT2D eigenvalue weighted by Gasteiger charge is 2.35. The van der Waals surface area contributed by atoms with Crippen LogP contribution in [0.1, 0.15) is 87.8 Å². The van der Waals surface area contributed by atoms with Gasteiger partial charge in [-0.25, -0.2) is 0 Å². The Labute approximate surface area is 148 Å². The summed E-state index contributed by atoms with van der Waals surface area (Å²) in [5, 5.41) is 0. The van der Waals surface area contributed by atoms with Crippen LogP contribution in [0.2, 0.25) is 0 Å². The Bertz CT molecular complexity index is 573. The molecule has 1 saturated carbocycles. The molecule has 1 heteroatoms. The maximum atomic E-state index is 6.50. The van der Waals surface area contributed by atoms with Gasteiger partial charge in [0.2, 0.25) is 0 Å².